The van der Waals surface area contributed by atoms with Gasteiger partial charge < -0.3 is 4.57 Å². The third kappa shape index (κ3) is 1.88. The monoisotopic (exact) mass is 236 g/mol. The Balaban J connectivity index is 2.05. The minimum Gasteiger partial charge on any atom is -0.335 e. The van der Waals surface area contributed by atoms with Crippen molar-refractivity contribution in [2.75, 3.05) is 0 Å². The smallest absolute Gasteiger partial charge is 0.154 e. The van der Waals surface area contributed by atoms with E-state index >= 15 is 0 Å². The molecule has 0 atom stereocenters. The van der Waals surface area contributed by atoms with Gasteiger partial charge in [0.25, 0.3) is 0 Å². The maximum absolute atomic E-state index is 4.30. The summed E-state index contributed by atoms with van der Waals surface area (Å²) in [5.41, 5.74) is 1.77. The Bertz CT molecular complexity index is 707. The fourth-order valence-electron chi connectivity index (χ4n) is 1.84. The number of benzene rings is 1. The lowest BCUT2D eigenvalue weighted by molar-refractivity contribution is 0.910. The number of nitrogens with zero attached hydrogens (tertiary/aromatic N) is 4. The third-order valence-corrected chi connectivity index (χ3v) is 2.80. The molecule has 0 amide bonds. The van der Waals surface area contributed by atoms with Crippen molar-refractivity contribution in [2.24, 2.45) is 17.3 Å². The van der Waals surface area contributed by atoms with Crippen molar-refractivity contribution < 1.29 is 0 Å². The fraction of sp³-hybridized carbons (Fsp3) is 0.0714. The SMILES string of the molecule is Cn1cccc1N=Nc1cccc2ncccc12. The van der Waals surface area contributed by atoms with Gasteiger partial charge in [-0.15, -0.1) is 10.2 Å². The lowest BCUT2D eigenvalue weighted by Crippen LogP contribution is -1.81. The van der Waals surface area contributed by atoms with Crippen LogP contribution in [-0.4, -0.2) is 9.55 Å². The largest absolute Gasteiger partial charge is 0.335 e. The van der Waals surface area contributed by atoms with Crippen molar-refractivity contribution in [2.45, 2.75) is 0 Å². The Kier molecular flexibility index (Phi) is 2.61. The summed E-state index contributed by atoms with van der Waals surface area (Å²) in [4.78, 5) is 4.30. The molecule has 3 rings (SSSR count). The average Bonchev–Trinajstić information content (AvgIpc) is 2.82. The van der Waals surface area contributed by atoms with Crippen LogP contribution in [0.2, 0.25) is 0 Å². The summed E-state index contributed by atoms with van der Waals surface area (Å²) in [5, 5.41) is 9.56. The molecule has 0 fully saturated rings. The molecule has 4 nitrogen and oxygen atoms in total. The molecule has 4 heteroatoms. The zero-order valence-corrected chi connectivity index (χ0v) is 9.99. The Labute approximate surface area is 105 Å². The van der Waals surface area contributed by atoms with Gasteiger partial charge in [0, 0.05) is 24.8 Å². The van der Waals surface area contributed by atoms with Gasteiger partial charge in [-0.1, -0.05) is 6.07 Å². The van der Waals surface area contributed by atoms with E-state index in [9.17, 15) is 0 Å². The zero-order chi connectivity index (χ0) is 12.4. The first kappa shape index (κ1) is 10.7. The lowest BCUT2D eigenvalue weighted by Gasteiger charge is -1.99. The molecule has 0 spiro atoms. The molecule has 0 aliphatic rings. The number of hydrogen-bond donors (Lipinski definition) is 0. The van der Waals surface area contributed by atoms with Crippen LogP contribution in [0.15, 0.2) is 65.1 Å². The predicted molar refractivity (Wildman–Crippen MR) is 71.3 cm³/mol. The van der Waals surface area contributed by atoms with Crippen molar-refractivity contribution in [1.82, 2.24) is 9.55 Å². The van der Waals surface area contributed by atoms with Crippen molar-refractivity contribution in [3.05, 3.63) is 54.9 Å². The molecule has 0 radical (unpaired) electrons. The normalized spacial score (nSPS) is 11.4. The highest BCUT2D eigenvalue weighted by Gasteiger charge is 2.00. The van der Waals surface area contributed by atoms with E-state index in [4.69, 9.17) is 0 Å². The van der Waals surface area contributed by atoms with E-state index < -0.39 is 0 Å². The minimum atomic E-state index is 0.830. The van der Waals surface area contributed by atoms with Crippen LogP contribution in [0, 0.1) is 0 Å². The van der Waals surface area contributed by atoms with Crippen LogP contribution in [0.4, 0.5) is 11.5 Å². The molecule has 0 aliphatic carbocycles. The Morgan fingerprint density at radius 3 is 2.78 bits per heavy atom. The third-order valence-electron chi connectivity index (χ3n) is 2.80. The first-order valence-electron chi connectivity index (χ1n) is 5.71. The van der Waals surface area contributed by atoms with E-state index in [-0.39, 0.29) is 0 Å². The second-order valence-electron chi connectivity index (χ2n) is 4.02. The summed E-state index contributed by atoms with van der Waals surface area (Å²) in [7, 11) is 1.94. The summed E-state index contributed by atoms with van der Waals surface area (Å²) in [6.45, 7) is 0. The number of aromatic nitrogens is 2. The number of fused-ring (bicyclic) bond motifs is 1. The van der Waals surface area contributed by atoms with Gasteiger partial charge in [-0.05, 0) is 36.4 Å². The molecule has 2 heterocycles. The summed E-state index contributed by atoms with van der Waals surface area (Å²) in [5.74, 6) is 0.830. The molecule has 18 heavy (non-hydrogen) atoms. The summed E-state index contributed by atoms with van der Waals surface area (Å²) < 4.78 is 1.92. The number of rotatable bonds is 2. The van der Waals surface area contributed by atoms with Gasteiger partial charge in [0.15, 0.2) is 5.82 Å². The Morgan fingerprint density at radius 2 is 1.94 bits per heavy atom. The molecule has 0 bridgehead atoms. The molecule has 2 aromatic heterocycles. The van der Waals surface area contributed by atoms with Crippen molar-refractivity contribution in [3.8, 4) is 0 Å². The van der Waals surface area contributed by atoms with Crippen LogP contribution in [0.25, 0.3) is 10.9 Å². The van der Waals surface area contributed by atoms with Gasteiger partial charge in [-0.2, -0.15) is 0 Å². The van der Waals surface area contributed by atoms with Crippen LogP contribution < -0.4 is 0 Å². The van der Waals surface area contributed by atoms with Gasteiger partial charge in [-0.3, -0.25) is 4.98 Å². The van der Waals surface area contributed by atoms with Gasteiger partial charge in [0.1, 0.15) is 0 Å². The topological polar surface area (TPSA) is 42.5 Å². The highest BCUT2D eigenvalue weighted by Crippen LogP contribution is 2.26. The second-order valence-corrected chi connectivity index (χ2v) is 4.02. The van der Waals surface area contributed by atoms with Crippen LogP contribution in [-0.2, 0) is 7.05 Å². The van der Waals surface area contributed by atoms with Crippen LogP contribution in [0.3, 0.4) is 0 Å². The van der Waals surface area contributed by atoms with E-state index in [1.165, 1.54) is 0 Å². The van der Waals surface area contributed by atoms with E-state index in [0.717, 1.165) is 22.4 Å². The van der Waals surface area contributed by atoms with E-state index in [2.05, 4.69) is 15.2 Å². The van der Waals surface area contributed by atoms with E-state index in [1.54, 1.807) is 6.20 Å². The molecule has 0 aliphatic heterocycles. The van der Waals surface area contributed by atoms with E-state index in [1.807, 2.05) is 60.3 Å². The first-order chi connectivity index (χ1) is 8.84. The lowest BCUT2D eigenvalue weighted by atomic mass is 10.2. The molecule has 0 saturated heterocycles. The van der Waals surface area contributed by atoms with Gasteiger partial charge in [-0.25, -0.2) is 0 Å². The van der Waals surface area contributed by atoms with Crippen LogP contribution in [0.5, 0.6) is 0 Å². The van der Waals surface area contributed by atoms with Crippen molar-refractivity contribution in [1.29, 1.82) is 0 Å². The molecular formula is C14H12N4. The molecular weight excluding hydrogens is 224 g/mol. The van der Waals surface area contributed by atoms with Crippen molar-refractivity contribution in [3.63, 3.8) is 0 Å². The molecule has 3 aromatic rings. The minimum absolute atomic E-state index is 0.830. The highest BCUT2D eigenvalue weighted by atomic mass is 15.2. The Morgan fingerprint density at radius 1 is 1.00 bits per heavy atom. The number of hydrogen-bond acceptors (Lipinski definition) is 3. The van der Waals surface area contributed by atoms with Crippen LogP contribution in [0.1, 0.15) is 0 Å². The van der Waals surface area contributed by atoms with Crippen LogP contribution >= 0.6 is 0 Å². The summed E-state index contributed by atoms with van der Waals surface area (Å²) >= 11 is 0. The van der Waals surface area contributed by atoms with Crippen molar-refractivity contribution >= 4 is 22.4 Å². The average molecular weight is 236 g/mol. The predicted octanol–water partition coefficient (Wildman–Crippen LogP) is 3.99. The zero-order valence-electron chi connectivity index (χ0n) is 9.99. The maximum Gasteiger partial charge on any atom is 0.154 e. The van der Waals surface area contributed by atoms with Gasteiger partial charge in [0.2, 0.25) is 0 Å². The molecule has 0 unspecified atom stereocenters. The second kappa shape index (κ2) is 4.41. The van der Waals surface area contributed by atoms with Gasteiger partial charge in [0.05, 0.1) is 11.2 Å². The molecule has 1 aromatic carbocycles. The van der Waals surface area contributed by atoms with E-state index in [0.29, 0.717) is 0 Å². The molecule has 0 N–H and O–H groups in total. The number of aryl methyl sites for hydroxylation is 1. The number of pyridine rings is 1. The van der Waals surface area contributed by atoms with Gasteiger partial charge >= 0.3 is 0 Å². The molecule has 0 saturated carbocycles. The summed E-state index contributed by atoms with van der Waals surface area (Å²) in [6, 6.07) is 13.6. The fourth-order valence-corrected chi connectivity index (χ4v) is 1.84. The quantitative estimate of drug-likeness (QED) is 0.620. The molecule has 88 valence electrons. The maximum atomic E-state index is 4.30. The highest BCUT2D eigenvalue weighted by molar-refractivity contribution is 5.89. The summed E-state index contributed by atoms with van der Waals surface area (Å²) in [6.07, 6.45) is 3.72. The standard InChI is InChI=1S/C14H12N4/c1-18-10-4-8-14(18)17-16-13-7-2-6-12-11(13)5-3-9-15-12/h2-10H,1H3. The first-order valence-corrected chi connectivity index (χ1v) is 5.71. The number of azo groups is 1. The Hall–Kier alpha value is -2.49.